The molecule has 3 rings (SSSR count). The van der Waals surface area contributed by atoms with Crippen LogP contribution in [-0.2, 0) is 19.0 Å². The van der Waals surface area contributed by atoms with Gasteiger partial charge in [0.2, 0.25) is 0 Å². The molecule has 0 saturated carbocycles. The number of carbonyl (C=O) groups is 1. The van der Waals surface area contributed by atoms with Gasteiger partial charge in [0.25, 0.3) is 10.1 Å². The third-order valence-electron chi connectivity index (χ3n) is 5.29. The van der Waals surface area contributed by atoms with E-state index in [1.807, 2.05) is 30.3 Å². The van der Waals surface area contributed by atoms with E-state index >= 15 is 0 Å². The van der Waals surface area contributed by atoms with E-state index in [-0.39, 0.29) is 0 Å². The molecule has 1 saturated heterocycles. The topological polar surface area (TPSA) is 72.9 Å². The fourth-order valence-electron chi connectivity index (χ4n) is 4.16. The molecule has 2 unspecified atom stereocenters. The molecule has 1 heterocycles. The van der Waals surface area contributed by atoms with Crippen molar-refractivity contribution >= 4 is 16.2 Å². The van der Waals surface area contributed by atoms with Gasteiger partial charge in [-0.3, -0.25) is 4.18 Å². The minimum absolute atomic E-state index is 0.424. The van der Waals surface area contributed by atoms with Gasteiger partial charge in [0.05, 0.1) is 12.3 Å². The van der Waals surface area contributed by atoms with Crippen molar-refractivity contribution in [2.45, 2.75) is 57.3 Å². The largest absolute Gasteiger partial charge is 0.444 e. The van der Waals surface area contributed by atoms with E-state index in [2.05, 4.69) is 0 Å². The highest BCUT2D eigenvalue weighted by atomic mass is 32.2. The van der Waals surface area contributed by atoms with E-state index in [9.17, 15) is 17.6 Å². The maximum absolute atomic E-state index is 14.2. The molecule has 0 radical (unpaired) electrons. The number of rotatable bonds is 6. The summed E-state index contributed by atoms with van der Waals surface area (Å²) in [6, 6.07) is 14.7. The summed E-state index contributed by atoms with van der Waals surface area (Å²) in [5.41, 5.74) is 0.641. The van der Waals surface area contributed by atoms with Gasteiger partial charge in [-0.25, -0.2) is 9.18 Å². The summed E-state index contributed by atoms with van der Waals surface area (Å²) >= 11 is 0. The van der Waals surface area contributed by atoms with Crippen LogP contribution in [0.2, 0.25) is 0 Å². The van der Waals surface area contributed by atoms with Crippen molar-refractivity contribution in [1.29, 1.82) is 0 Å². The predicted molar refractivity (Wildman–Crippen MR) is 120 cm³/mol. The molecule has 6 nitrogen and oxygen atoms in total. The van der Waals surface area contributed by atoms with Crippen molar-refractivity contribution in [2.75, 3.05) is 12.8 Å². The van der Waals surface area contributed by atoms with Gasteiger partial charge in [-0.15, -0.1) is 0 Å². The fourth-order valence-corrected chi connectivity index (χ4v) is 4.80. The third kappa shape index (κ3) is 6.29. The SMILES string of the molecule is CC(C)(C)OC(=O)N1CCC[C@@H]1C(OS(C)(=O)=O)C(c1ccccc1)c1cccc(F)c1. The first kappa shape index (κ1) is 24.2. The van der Waals surface area contributed by atoms with Gasteiger partial charge >= 0.3 is 6.09 Å². The second-order valence-electron chi connectivity index (χ2n) is 9.09. The Morgan fingerprint density at radius 3 is 2.34 bits per heavy atom. The molecular weight excluding hydrogens is 433 g/mol. The van der Waals surface area contributed by atoms with E-state index < -0.39 is 45.7 Å². The van der Waals surface area contributed by atoms with E-state index in [1.165, 1.54) is 17.0 Å². The van der Waals surface area contributed by atoms with E-state index in [0.29, 0.717) is 24.9 Å². The number of ether oxygens (including phenoxy) is 1. The van der Waals surface area contributed by atoms with Crippen molar-refractivity contribution in [1.82, 2.24) is 4.90 Å². The van der Waals surface area contributed by atoms with Crippen LogP contribution in [0.1, 0.15) is 50.7 Å². The molecule has 0 spiro atoms. The zero-order valence-electron chi connectivity index (χ0n) is 18.8. The Bertz CT molecular complexity index is 1040. The monoisotopic (exact) mass is 463 g/mol. The molecule has 0 N–H and O–H groups in total. The molecular formula is C24H30FNO5S. The lowest BCUT2D eigenvalue weighted by Gasteiger charge is -2.36. The van der Waals surface area contributed by atoms with Gasteiger partial charge < -0.3 is 9.64 Å². The van der Waals surface area contributed by atoms with Gasteiger partial charge in [0.15, 0.2) is 0 Å². The van der Waals surface area contributed by atoms with Gasteiger partial charge in [0.1, 0.15) is 17.5 Å². The molecule has 1 fully saturated rings. The van der Waals surface area contributed by atoms with Crippen LogP contribution < -0.4 is 0 Å². The standard InChI is InChI=1S/C24H30FNO5S/c1-24(2,3)30-23(27)26-15-9-14-20(26)22(31-32(4,28)29)21(17-10-6-5-7-11-17)18-12-8-13-19(25)16-18/h5-8,10-13,16,20-22H,9,14-15H2,1-4H3/t20-,21?,22?/m1/s1. The van der Waals surface area contributed by atoms with E-state index in [0.717, 1.165) is 11.8 Å². The molecule has 2 aromatic carbocycles. The molecule has 1 aliphatic heterocycles. The number of hydrogen-bond acceptors (Lipinski definition) is 5. The molecule has 1 amide bonds. The van der Waals surface area contributed by atoms with E-state index in [1.54, 1.807) is 32.9 Å². The van der Waals surface area contributed by atoms with Crippen LogP contribution >= 0.6 is 0 Å². The fraction of sp³-hybridized carbons (Fsp3) is 0.458. The maximum Gasteiger partial charge on any atom is 0.410 e. The lowest BCUT2D eigenvalue weighted by Crippen LogP contribution is -2.48. The van der Waals surface area contributed by atoms with Gasteiger partial charge in [-0.1, -0.05) is 42.5 Å². The van der Waals surface area contributed by atoms with Crippen molar-refractivity contribution in [3.63, 3.8) is 0 Å². The molecule has 1 aliphatic rings. The number of amides is 1. The zero-order chi connectivity index (χ0) is 23.5. The lowest BCUT2D eigenvalue weighted by molar-refractivity contribution is 0.00791. The second-order valence-corrected chi connectivity index (χ2v) is 10.7. The summed E-state index contributed by atoms with van der Waals surface area (Å²) in [5, 5.41) is 0. The first-order valence-corrected chi connectivity index (χ1v) is 12.4. The molecule has 0 bridgehead atoms. The minimum Gasteiger partial charge on any atom is -0.444 e. The molecule has 8 heteroatoms. The summed E-state index contributed by atoms with van der Waals surface area (Å²) in [5.74, 6) is -1.05. The quantitative estimate of drug-likeness (QED) is 0.581. The Morgan fingerprint density at radius 1 is 1.09 bits per heavy atom. The Hall–Kier alpha value is -2.45. The molecule has 0 aromatic heterocycles. The highest BCUT2D eigenvalue weighted by molar-refractivity contribution is 7.86. The summed E-state index contributed by atoms with van der Waals surface area (Å²) in [6.45, 7) is 5.76. The van der Waals surface area contributed by atoms with E-state index in [4.69, 9.17) is 8.92 Å². The molecule has 2 aromatic rings. The molecule has 3 atom stereocenters. The number of carbonyl (C=O) groups excluding carboxylic acids is 1. The highest BCUT2D eigenvalue weighted by Gasteiger charge is 2.43. The zero-order valence-corrected chi connectivity index (χ0v) is 19.6. The van der Waals surface area contributed by atoms with Crippen molar-refractivity contribution in [2.24, 2.45) is 0 Å². The summed E-state index contributed by atoms with van der Waals surface area (Å²) in [4.78, 5) is 14.5. The minimum atomic E-state index is -3.89. The van der Waals surface area contributed by atoms with Crippen LogP contribution in [-0.4, -0.2) is 50.0 Å². The lowest BCUT2D eigenvalue weighted by atomic mass is 9.83. The Labute approximate surface area is 189 Å². The van der Waals surface area contributed by atoms with Gasteiger partial charge in [-0.2, -0.15) is 8.42 Å². The number of nitrogens with zero attached hydrogens (tertiary/aromatic N) is 1. The van der Waals surface area contributed by atoms with Crippen molar-refractivity contribution in [3.8, 4) is 0 Å². The van der Waals surface area contributed by atoms with Crippen LogP contribution in [0.5, 0.6) is 0 Å². The first-order chi connectivity index (χ1) is 14.9. The smallest absolute Gasteiger partial charge is 0.410 e. The highest BCUT2D eigenvalue weighted by Crippen LogP contribution is 2.37. The van der Waals surface area contributed by atoms with Crippen LogP contribution in [0.3, 0.4) is 0 Å². The molecule has 174 valence electrons. The number of hydrogen-bond donors (Lipinski definition) is 0. The normalized spacial score (nSPS) is 18.9. The Balaban J connectivity index is 2.09. The Kier molecular flexibility index (Phi) is 7.25. The average Bonchev–Trinajstić information content (AvgIpc) is 3.16. The predicted octanol–water partition coefficient (Wildman–Crippen LogP) is 4.70. The van der Waals surface area contributed by atoms with Crippen LogP contribution in [0, 0.1) is 5.82 Å². The summed E-state index contributed by atoms with van der Waals surface area (Å²) in [6.07, 6.45) is 0.730. The number of benzene rings is 2. The number of likely N-dealkylation sites (tertiary alicyclic amines) is 1. The third-order valence-corrected chi connectivity index (χ3v) is 5.86. The molecule has 0 aliphatic carbocycles. The van der Waals surface area contributed by atoms with Gasteiger partial charge in [-0.05, 0) is 56.9 Å². The average molecular weight is 464 g/mol. The van der Waals surface area contributed by atoms with Crippen molar-refractivity contribution in [3.05, 3.63) is 71.5 Å². The molecule has 32 heavy (non-hydrogen) atoms. The second kappa shape index (κ2) is 9.58. The summed E-state index contributed by atoms with van der Waals surface area (Å²) in [7, 11) is -3.89. The maximum atomic E-state index is 14.2. The Morgan fingerprint density at radius 2 is 1.75 bits per heavy atom. The van der Waals surface area contributed by atoms with Crippen molar-refractivity contribution < 1.29 is 26.5 Å². The van der Waals surface area contributed by atoms with Crippen LogP contribution in [0.15, 0.2) is 54.6 Å². The van der Waals surface area contributed by atoms with Crippen LogP contribution in [0.25, 0.3) is 0 Å². The van der Waals surface area contributed by atoms with Crippen LogP contribution in [0.4, 0.5) is 9.18 Å². The first-order valence-electron chi connectivity index (χ1n) is 10.6. The summed E-state index contributed by atoms with van der Waals surface area (Å²) < 4.78 is 50.0. The number of halogens is 1. The van der Waals surface area contributed by atoms with Gasteiger partial charge in [0, 0.05) is 12.5 Å².